The van der Waals surface area contributed by atoms with Crippen molar-refractivity contribution in [3.63, 3.8) is 0 Å². The lowest BCUT2D eigenvalue weighted by Crippen LogP contribution is -2.27. The minimum atomic E-state index is -0.712. The average Bonchev–Trinajstić information content (AvgIpc) is 3.02. The molecule has 1 atom stereocenters. The van der Waals surface area contributed by atoms with E-state index in [2.05, 4.69) is 15.5 Å². The van der Waals surface area contributed by atoms with Crippen LogP contribution < -0.4 is 11.1 Å². The fourth-order valence-electron chi connectivity index (χ4n) is 2.19. The Morgan fingerprint density at radius 3 is 2.71 bits per heavy atom. The molecule has 0 aliphatic rings. The second-order valence-electron chi connectivity index (χ2n) is 5.37. The van der Waals surface area contributed by atoms with Gasteiger partial charge in [0.05, 0.1) is 41.2 Å². The minimum Gasteiger partial charge on any atom is -0.364 e. The molecule has 0 saturated carbocycles. The first-order chi connectivity index (χ1) is 11.2. The maximum atomic E-state index is 12.3. The van der Waals surface area contributed by atoms with Gasteiger partial charge in [-0.3, -0.25) is 14.3 Å². The maximum absolute atomic E-state index is 12.3. The number of nitrogens with zero attached hydrogens (tertiary/aromatic N) is 5. The molecule has 0 spiro atoms. The Labute approximate surface area is 136 Å². The van der Waals surface area contributed by atoms with Gasteiger partial charge in [0.2, 0.25) is 5.91 Å². The summed E-state index contributed by atoms with van der Waals surface area (Å²) < 4.78 is 2.66. The lowest BCUT2D eigenvalue weighted by molar-refractivity contribution is -0.389. The van der Waals surface area contributed by atoms with Crippen LogP contribution in [0.2, 0.25) is 0 Å². The normalized spacial score (nSPS) is 12.0. The van der Waals surface area contributed by atoms with E-state index in [1.54, 1.807) is 13.8 Å². The lowest BCUT2D eigenvalue weighted by Gasteiger charge is -2.11. The number of aromatic nitrogens is 4. The summed E-state index contributed by atoms with van der Waals surface area (Å²) in [5, 5.41) is 21.0. The third-order valence-electron chi connectivity index (χ3n) is 3.48. The van der Waals surface area contributed by atoms with E-state index in [0.29, 0.717) is 5.69 Å². The van der Waals surface area contributed by atoms with Crippen LogP contribution in [0.4, 0.5) is 11.5 Å². The highest BCUT2D eigenvalue weighted by atomic mass is 16.6. The number of carbonyl (C=O) groups excluding carboxylic acids is 2. The van der Waals surface area contributed by atoms with Gasteiger partial charge in [0.15, 0.2) is 0 Å². The zero-order chi connectivity index (χ0) is 18.0. The molecule has 11 nitrogen and oxygen atoms in total. The van der Waals surface area contributed by atoms with Gasteiger partial charge >= 0.3 is 5.82 Å². The van der Waals surface area contributed by atoms with Crippen molar-refractivity contribution in [2.24, 2.45) is 18.7 Å². The van der Waals surface area contributed by atoms with E-state index >= 15 is 0 Å². The van der Waals surface area contributed by atoms with Gasteiger partial charge < -0.3 is 21.2 Å². The van der Waals surface area contributed by atoms with Crippen LogP contribution in [0.5, 0.6) is 0 Å². The molecule has 0 unspecified atom stereocenters. The van der Waals surface area contributed by atoms with Gasteiger partial charge in [-0.2, -0.15) is 9.78 Å². The van der Waals surface area contributed by atoms with Crippen LogP contribution in [-0.2, 0) is 18.4 Å². The smallest absolute Gasteiger partial charge is 0.364 e. The number of nitrogens with two attached hydrogens (primary N) is 1. The molecule has 0 aliphatic heterocycles. The summed E-state index contributed by atoms with van der Waals surface area (Å²) in [6.45, 7) is 3.46. The van der Waals surface area contributed by atoms with Gasteiger partial charge in [-0.05, 0) is 11.8 Å². The van der Waals surface area contributed by atoms with Crippen molar-refractivity contribution in [2.45, 2.75) is 20.4 Å². The van der Waals surface area contributed by atoms with Crippen molar-refractivity contribution in [1.82, 2.24) is 19.6 Å². The summed E-state index contributed by atoms with van der Waals surface area (Å²) in [4.78, 5) is 33.8. The minimum absolute atomic E-state index is 0.0847. The molecule has 0 aromatic carbocycles. The van der Waals surface area contributed by atoms with Gasteiger partial charge in [-0.15, -0.1) is 0 Å². The Morgan fingerprint density at radius 2 is 2.17 bits per heavy atom. The monoisotopic (exact) mass is 335 g/mol. The lowest BCUT2D eigenvalue weighted by atomic mass is 10.1. The number of aryl methyl sites for hydroxylation is 2. The highest BCUT2D eigenvalue weighted by Gasteiger charge is 2.23. The van der Waals surface area contributed by atoms with Gasteiger partial charge in [0.1, 0.15) is 5.69 Å². The van der Waals surface area contributed by atoms with Crippen LogP contribution in [0.1, 0.15) is 23.1 Å². The Balaban J connectivity index is 2.11. The molecule has 0 saturated heterocycles. The molecule has 11 heteroatoms. The number of nitro groups is 1. The maximum Gasteiger partial charge on any atom is 0.390 e. The van der Waals surface area contributed by atoms with Crippen LogP contribution in [0.3, 0.4) is 0 Å². The largest absolute Gasteiger partial charge is 0.390 e. The van der Waals surface area contributed by atoms with E-state index in [-0.39, 0.29) is 29.7 Å². The van der Waals surface area contributed by atoms with E-state index in [1.165, 1.54) is 28.7 Å². The number of carbonyl (C=O) groups is 2. The molecule has 2 heterocycles. The average molecular weight is 335 g/mol. The van der Waals surface area contributed by atoms with Gasteiger partial charge in [-0.25, -0.2) is 0 Å². The summed E-state index contributed by atoms with van der Waals surface area (Å²) in [6.07, 6.45) is 1.33. The Hall–Kier alpha value is -3.24. The highest BCUT2D eigenvalue weighted by molar-refractivity contribution is 6.02. The molecule has 2 aromatic rings. The first-order valence-electron chi connectivity index (χ1n) is 7.02. The fourth-order valence-corrected chi connectivity index (χ4v) is 2.19. The molecular formula is C13H17N7O4. The number of anilines is 1. The second kappa shape index (κ2) is 6.48. The molecule has 24 heavy (non-hydrogen) atoms. The van der Waals surface area contributed by atoms with Crippen molar-refractivity contribution in [3.8, 4) is 0 Å². The van der Waals surface area contributed by atoms with Gasteiger partial charge in [-0.1, -0.05) is 6.92 Å². The third kappa shape index (κ3) is 3.39. The molecule has 0 aliphatic carbocycles. The number of nitrogens with one attached hydrogen (secondary N) is 1. The molecule has 0 bridgehead atoms. The summed E-state index contributed by atoms with van der Waals surface area (Å²) >= 11 is 0. The Bertz CT molecular complexity index is 807. The second-order valence-corrected chi connectivity index (χ2v) is 5.37. The number of rotatable bonds is 6. The van der Waals surface area contributed by atoms with Crippen LogP contribution in [0.25, 0.3) is 0 Å². The third-order valence-corrected chi connectivity index (χ3v) is 3.48. The van der Waals surface area contributed by atoms with Gasteiger partial charge in [0, 0.05) is 7.05 Å². The molecule has 3 N–H and O–H groups in total. The predicted octanol–water partition coefficient (Wildman–Crippen LogP) is 0.207. The van der Waals surface area contributed by atoms with E-state index in [9.17, 15) is 19.7 Å². The van der Waals surface area contributed by atoms with E-state index in [0.717, 1.165) is 0 Å². The van der Waals surface area contributed by atoms with Crippen LogP contribution in [-0.4, -0.2) is 36.3 Å². The number of hydrogen-bond donors (Lipinski definition) is 2. The van der Waals surface area contributed by atoms with Crippen molar-refractivity contribution in [1.29, 1.82) is 0 Å². The van der Waals surface area contributed by atoms with E-state index in [4.69, 9.17) is 5.73 Å². The van der Waals surface area contributed by atoms with Crippen molar-refractivity contribution < 1.29 is 14.5 Å². The Morgan fingerprint density at radius 1 is 1.50 bits per heavy atom. The first kappa shape index (κ1) is 17.1. The molecule has 0 radical (unpaired) electrons. The molecule has 2 amide bonds. The summed E-state index contributed by atoms with van der Waals surface area (Å²) in [6, 6.07) is 1.33. The number of amides is 2. The van der Waals surface area contributed by atoms with Crippen molar-refractivity contribution >= 4 is 23.3 Å². The van der Waals surface area contributed by atoms with Crippen molar-refractivity contribution in [3.05, 3.63) is 33.8 Å². The molecular weight excluding hydrogens is 318 g/mol. The quantitative estimate of drug-likeness (QED) is 0.568. The molecule has 2 aromatic heterocycles. The Kier molecular flexibility index (Phi) is 4.62. The van der Waals surface area contributed by atoms with Crippen LogP contribution >= 0.6 is 0 Å². The van der Waals surface area contributed by atoms with Gasteiger partial charge in [0.25, 0.3) is 5.91 Å². The van der Waals surface area contributed by atoms with E-state index in [1.807, 2.05) is 0 Å². The fraction of sp³-hybridized carbons (Fsp3) is 0.385. The highest BCUT2D eigenvalue weighted by Crippen LogP contribution is 2.16. The first-order valence-corrected chi connectivity index (χ1v) is 7.02. The summed E-state index contributed by atoms with van der Waals surface area (Å²) in [5.41, 5.74) is 6.12. The number of hydrogen-bond acceptors (Lipinski definition) is 6. The summed E-state index contributed by atoms with van der Waals surface area (Å²) in [7, 11) is 1.53. The zero-order valence-corrected chi connectivity index (χ0v) is 13.4. The van der Waals surface area contributed by atoms with E-state index < -0.39 is 16.7 Å². The van der Waals surface area contributed by atoms with Crippen LogP contribution in [0.15, 0.2) is 12.3 Å². The SMILES string of the molecule is Cc1cc([N+](=O)[O-])nn1C[C@@H](C)C(=O)Nc1cnn(C)c1C(N)=O. The number of primary amides is 1. The molecule has 128 valence electrons. The molecule has 0 fully saturated rings. The standard InChI is InChI=1S/C13H17N7O4/c1-7(6-19-8(2)4-10(17-19)20(23)24)13(22)16-9-5-15-18(3)11(9)12(14)21/h4-5,7H,6H2,1-3H3,(H2,14,21)(H,16,22)/t7-/m1/s1. The summed E-state index contributed by atoms with van der Waals surface area (Å²) in [5.74, 6) is -1.92. The zero-order valence-electron chi connectivity index (χ0n) is 13.4. The predicted molar refractivity (Wildman–Crippen MR) is 83.1 cm³/mol. The van der Waals surface area contributed by atoms with Crippen molar-refractivity contribution in [2.75, 3.05) is 5.32 Å². The van der Waals surface area contributed by atoms with Crippen LogP contribution in [0, 0.1) is 23.0 Å². The topological polar surface area (TPSA) is 151 Å². The molecule has 2 rings (SSSR count).